The number of phenolic OH excluding ortho intramolecular Hbond substituents is 1. The van der Waals surface area contributed by atoms with Crippen LogP contribution < -0.4 is 5.32 Å². The molecule has 0 unspecified atom stereocenters. The molecule has 0 aliphatic carbocycles. The van der Waals surface area contributed by atoms with Gasteiger partial charge in [0.2, 0.25) is 5.91 Å². The van der Waals surface area contributed by atoms with Crippen LogP contribution in [0.4, 0.5) is 5.69 Å². The van der Waals surface area contributed by atoms with Crippen molar-refractivity contribution < 1.29 is 9.90 Å². The van der Waals surface area contributed by atoms with Crippen LogP contribution in [0.1, 0.15) is 11.1 Å². The van der Waals surface area contributed by atoms with E-state index in [1.807, 2.05) is 31.2 Å². The van der Waals surface area contributed by atoms with Gasteiger partial charge in [-0.15, -0.1) is 0 Å². The normalized spacial score (nSPS) is 10.2. The number of carbonyl (C=O) groups excluding carboxylic acids is 1. The number of rotatable bonds is 3. The first kappa shape index (κ1) is 13.6. The number of halogens is 1. The van der Waals surface area contributed by atoms with Gasteiger partial charge in [-0.3, -0.25) is 4.79 Å². The van der Waals surface area contributed by atoms with Crippen molar-refractivity contribution >= 4 is 27.5 Å². The molecular formula is C15H14BrNO2. The number of nitrogens with one attached hydrogen (secondary N) is 1. The minimum Gasteiger partial charge on any atom is -0.508 e. The van der Waals surface area contributed by atoms with Crippen LogP contribution in [0, 0.1) is 6.92 Å². The van der Waals surface area contributed by atoms with E-state index in [2.05, 4.69) is 21.2 Å². The SMILES string of the molecule is Cc1ccc(NC(=O)Cc2cccc(Br)c2)cc1O. The number of amides is 1. The average Bonchev–Trinajstić information content (AvgIpc) is 2.34. The van der Waals surface area contributed by atoms with E-state index in [-0.39, 0.29) is 11.7 Å². The quantitative estimate of drug-likeness (QED) is 0.907. The van der Waals surface area contributed by atoms with E-state index in [1.54, 1.807) is 18.2 Å². The summed E-state index contributed by atoms with van der Waals surface area (Å²) >= 11 is 3.37. The van der Waals surface area contributed by atoms with Crippen molar-refractivity contribution in [1.29, 1.82) is 0 Å². The molecule has 0 heterocycles. The maximum absolute atomic E-state index is 11.9. The van der Waals surface area contributed by atoms with Crippen LogP contribution in [0.5, 0.6) is 5.75 Å². The summed E-state index contributed by atoms with van der Waals surface area (Å²) in [6, 6.07) is 12.7. The maximum Gasteiger partial charge on any atom is 0.228 e. The molecule has 1 amide bonds. The summed E-state index contributed by atoms with van der Waals surface area (Å²) in [5.41, 5.74) is 2.32. The Balaban J connectivity index is 2.03. The fraction of sp³-hybridized carbons (Fsp3) is 0.133. The molecule has 2 rings (SSSR count). The minimum atomic E-state index is -0.110. The summed E-state index contributed by atoms with van der Waals surface area (Å²) in [7, 11) is 0. The molecule has 0 aromatic heterocycles. The van der Waals surface area contributed by atoms with Gasteiger partial charge in [0.1, 0.15) is 5.75 Å². The number of carbonyl (C=O) groups is 1. The molecule has 0 spiro atoms. The smallest absolute Gasteiger partial charge is 0.228 e. The van der Waals surface area contributed by atoms with Crippen LogP contribution in [0.3, 0.4) is 0 Å². The molecule has 0 aliphatic heterocycles. The average molecular weight is 320 g/mol. The molecule has 2 N–H and O–H groups in total. The summed E-state index contributed by atoms with van der Waals surface area (Å²) in [4.78, 5) is 11.9. The zero-order valence-corrected chi connectivity index (χ0v) is 12.1. The first-order valence-corrected chi connectivity index (χ1v) is 6.68. The summed E-state index contributed by atoms with van der Waals surface area (Å²) in [6.07, 6.45) is 0.300. The highest BCUT2D eigenvalue weighted by molar-refractivity contribution is 9.10. The Morgan fingerprint density at radius 3 is 2.74 bits per heavy atom. The Labute approximate surface area is 120 Å². The van der Waals surface area contributed by atoms with Gasteiger partial charge in [-0.05, 0) is 36.2 Å². The number of hydrogen-bond acceptors (Lipinski definition) is 2. The second-order valence-electron chi connectivity index (χ2n) is 4.36. The third-order valence-electron chi connectivity index (χ3n) is 2.75. The Morgan fingerprint density at radius 2 is 2.05 bits per heavy atom. The first-order chi connectivity index (χ1) is 9.04. The molecule has 2 aromatic rings. The molecule has 2 aromatic carbocycles. The van der Waals surface area contributed by atoms with E-state index >= 15 is 0 Å². The monoisotopic (exact) mass is 319 g/mol. The molecule has 0 atom stereocenters. The van der Waals surface area contributed by atoms with Crippen molar-refractivity contribution in [2.75, 3.05) is 5.32 Å². The summed E-state index contributed by atoms with van der Waals surface area (Å²) in [5, 5.41) is 12.3. The van der Waals surface area contributed by atoms with Crippen LogP contribution in [0.15, 0.2) is 46.9 Å². The Kier molecular flexibility index (Phi) is 4.22. The van der Waals surface area contributed by atoms with Gasteiger partial charge < -0.3 is 10.4 Å². The van der Waals surface area contributed by atoms with Crippen molar-refractivity contribution in [3.8, 4) is 5.75 Å². The highest BCUT2D eigenvalue weighted by Crippen LogP contribution is 2.21. The summed E-state index contributed by atoms with van der Waals surface area (Å²) in [5.74, 6) is 0.0709. The van der Waals surface area contributed by atoms with E-state index in [9.17, 15) is 9.90 Å². The van der Waals surface area contributed by atoms with Crippen molar-refractivity contribution in [3.05, 3.63) is 58.1 Å². The number of anilines is 1. The van der Waals surface area contributed by atoms with Crippen LogP contribution >= 0.6 is 15.9 Å². The van der Waals surface area contributed by atoms with E-state index in [1.165, 1.54) is 0 Å². The van der Waals surface area contributed by atoms with Gasteiger partial charge in [0, 0.05) is 16.2 Å². The molecule has 98 valence electrons. The fourth-order valence-electron chi connectivity index (χ4n) is 1.72. The second kappa shape index (κ2) is 5.89. The van der Waals surface area contributed by atoms with Crippen molar-refractivity contribution in [1.82, 2.24) is 0 Å². The topological polar surface area (TPSA) is 49.3 Å². The van der Waals surface area contributed by atoms with Gasteiger partial charge in [0.25, 0.3) is 0 Å². The molecule has 0 aliphatic rings. The number of benzene rings is 2. The van der Waals surface area contributed by atoms with Crippen LogP contribution in [0.25, 0.3) is 0 Å². The van der Waals surface area contributed by atoms with Gasteiger partial charge in [0.15, 0.2) is 0 Å². The van der Waals surface area contributed by atoms with Gasteiger partial charge in [-0.1, -0.05) is 34.1 Å². The van der Waals surface area contributed by atoms with E-state index in [0.29, 0.717) is 12.1 Å². The summed E-state index contributed by atoms with van der Waals surface area (Å²) < 4.78 is 0.950. The summed E-state index contributed by atoms with van der Waals surface area (Å²) in [6.45, 7) is 1.81. The minimum absolute atomic E-state index is 0.110. The van der Waals surface area contributed by atoms with Crippen LogP contribution in [-0.4, -0.2) is 11.0 Å². The zero-order valence-electron chi connectivity index (χ0n) is 10.5. The van der Waals surface area contributed by atoms with E-state index < -0.39 is 0 Å². The molecule has 0 fully saturated rings. The standard InChI is InChI=1S/C15H14BrNO2/c1-10-5-6-13(9-14(10)18)17-15(19)8-11-3-2-4-12(16)7-11/h2-7,9,18H,8H2,1H3,(H,17,19). The largest absolute Gasteiger partial charge is 0.508 e. The van der Waals surface area contributed by atoms with Gasteiger partial charge in [0.05, 0.1) is 6.42 Å². The van der Waals surface area contributed by atoms with Crippen LogP contribution in [0.2, 0.25) is 0 Å². The van der Waals surface area contributed by atoms with E-state index in [0.717, 1.165) is 15.6 Å². The van der Waals surface area contributed by atoms with Gasteiger partial charge in [-0.2, -0.15) is 0 Å². The lowest BCUT2D eigenvalue weighted by molar-refractivity contribution is -0.115. The Bertz CT molecular complexity index is 611. The molecule has 0 bridgehead atoms. The predicted octanol–water partition coefficient (Wildman–Crippen LogP) is 3.64. The number of aromatic hydroxyl groups is 1. The lowest BCUT2D eigenvalue weighted by Gasteiger charge is -2.07. The van der Waals surface area contributed by atoms with Crippen molar-refractivity contribution in [3.63, 3.8) is 0 Å². The third kappa shape index (κ3) is 3.83. The first-order valence-electron chi connectivity index (χ1n) is 5.88. The molecule has 0 saturated heterocycles. The molecular weight excluding hydrogens is 306 g/mol. The Morgan fingerprint density at radius 1 is 1.26 bits per heavy atom. The van der Waals surface area contributed by atoms with Crippen LogP contribution in [-0.2, 0) is 11.2 Å². The van der Waals surface area contributed by atoms with Gasteiger partial charge in [-0.25, -0.2) is 0 Å². The Hall–Kier alpha value is -1.81. The van der Waals surface area contributed by atoms with Crippen molar-refractivity contribution in [2.45, 2.75) is 13.3 Å². The predicted molar refractivity (Wildman–Crippen MR) is 79.3 cm³/mol. The third-order valence-corrected chi connectivity index (χ3v) is 3.24. The number of hydrogen-bond donors (Lipinski definition) is 2. The zero-order chi connectivity index (χ0) is 13.8. The number of aryl methyl sites for hydroxylation is 1. The highest BCUT2D eigenvalue weighted by atomic mass is 79.9. The lowest BCUT2D eigenvalue weighted by atomic mass is 10.1. The molecule has 0 saturated carbocycles. The maximum atomic E-state index is 11.9. The lowest BCUT2D eigenvalue weighted by Crippen LogP contribution is -2.14. The molecule has 19 heavy (non-hydrogen) atoms. The molecule has 0 radical (unpaired) electrons. The molecule has 3 nitrogen and oxygen atoms in total. The van der Waals surface area contributed by atoms with Crippen molar-refractivity contribution in [2.24, 2.45) is 0 Å². The molecule has 4 heteroatoms. The van der Waals surface area contributed by atoms with Gasteiger partial charge >= 0.3 is 0 Å². The second-order valence-corrected chi connectivity index (χ2v) is 5.27. The highest BCUT2D eigenvalue weighted by Gasteiger charge is 2.06. The van der Waals surface area contributed by atoms with E-state index in [4.69, 9.17) is 0 Å². The fourth-order valence-corrected chi connectivity index (χ4v) is 2.17. The number of phenols is 1.